The van der Waals surface area contributed by atoms with Crippen molar-refractivity contribution in [2.24, 2.45) is 5.92 Å². The van der Waals surface area contributed by atoms with Crippen LogP contribution in [0.3, 0.4) is 0 Å². The normalized spacial score (nSPS) is 15.1. The van der Waals surface area contributed by atoms with Gasteiger partial charge in [0.2, 0.25) is 5.91 Å². The third-order valence-electron chi connectivity index (χ3n) is 4.24. The Balaban J connectivity index is 1.54. The standard InChI is InChI=1S/C19H20Cl2N2O/c20-15-7-4-8-16(19(15)21)23-18(24)12-22-17(14-9-10-14)11-13-5-2-1-3-6-13/h1-8,14,17,22H,9-12H2,(H,23,24). The minimum atomic E-state index is -0.113. The molecule has 2 aromatic rings. The van der Waals surface area contributed by atoms with Crippen LogP contribution in [0.25, 0.3) is 0 Å². The van der Waals surface area contributed by atoms with Crippen LogP contribution in [0.15, 0.2) is 48.5 Å². The minimum Gasteiger partial charge on any atom is -0.324 e. The number of carbonyl (C=O) groups is 1. The minimum absolute atomic E-state index is 0.113. The Bertz CT molecular complexity index is 702. The van der Waals surface area contributed by atoms with E-state index in [0.717, 1.165) is 6.42 Å². The molecule has 0 aliphatic heterocycles. The summed E-state index contributed by atoms with van der Waals surface area (Å²) in [4.78, 5) is 12.2. The zero-order valence-corrected chi connectivity index (χ0v) is 14.8. The summed E-state index contributed by atoms with van der Waals surface area (Å²) in [5.41, 5.74) is 1.84. The molecule has 0 spiro atoms. The molecule has 24 heavy (non-hydrogen) atoms. The van der Waals surface area contributed by atoms with Crippen LogP contribution in [0.2, 0.25) is 10.0 Å². The van der Waals surface area contributed by atoms with E-state index in [9.17, 15) is 4.79 Å². The van der Waals surface area contributed by atoms with E-state index in [2.05, 4.69) is 22.8 Å². The number of benzene rings is 2. The molecule has 0 radical (unpaired) electrons. The molecule has 1 aliphatic rings. The fourth-order valence-electron chi connectivity index (χ4n) is 2.79. The zero-order chi connectivity index (χ0) is 16.9. The summed E-state index contributed by atoms with van der Waals surface area (Å²) < 4.78 is 0. The van der Waals surface area contributed by atoms with E-state index in [1.54, 1.807) is 18.2 Å². The van der Waals surface area contributed by atoms with Gasteiger partial charge < -0.3 is 10.6 Å². The maximum Gasteiger partial charge on any atom is 0.238 e. The molecule has 1 saturated carbocycles. The van der Waals surface area contributed by atoms with Crippen molar-refractivity contribution in [1.82, 2.24) is 5.32 Å². The monoisotopic (exact) mass is 362 g/mol. The predicted molar refractivity (Wildman–Crippen MR) is 99.8 cm³/mol. The van der Waals surface area contributed by atoms with E-state index in [-0.39, 0.29) is 12.5 Å². The molecule has 3 rings (SSSR count). The number of carbonyl (C=O) groups excluding carboxylic acids is 1. The summed E-state index contributed by atoms with van der Waals surface area (Å²) in [6.07, 6.45) is 3.40. The van der Waals surface area contributed by atoms with Crippen LogP contribution in [0.5, 0.6) is 0 Å². The second kappa shape index (κ2) is 8.02. The Morgan fingerprint density at radius 2 is 1.83 bits per heavy atom. The lowest BCUT2D eigenvalue weighted by Gasteiger charge is -2.18. The van der Waals surface area contributed by atoms with Crippen LogP contribution < -0.4 is 10.6 Å². The van der Waals surface area contributed by atoms with Crippen LogP contribution in [-0.2, 0) is 11.2 Å². The lowest BCUT2D eigenvalue weighted by molar-refractivity contribution is -0.115. The van der Waals surface area contributed by atoms with E-state index < -0.39 is 0 Å². The zero-order valence-electron chi connectivity index (χ0n) is 13.3. The largest absolute Gasteiger partial charge is 0.324 e. The number of hydrogen-bond acceptors (Lipinski definition) is 2. The predicted octanol–water partition coefficient (Wildman–Crippen LogP) is 4.54. The summed E-state index contributed by atoms with van der Waals surface area (Å²) in [5.74, 6) is 0.547. The molecule has 0 heterocycles. The number of nitrogens with one attached hydrogen (secondary N) is 2. The molecule has 5 heteroatoms. The number of hydrogen-bond donors (Lipinski definition) is 2. The van der Waals surface area contributed by atoms with Crippen molar-refractivity contribution in [3.8, 4) is 0 Å². The molecule has 126 valence electrons. The van der Waals surface area contributed by atoms with Gasteiger partial charge in [0.25, 0.3) is 0 Å². The summed E-state index contributed by atoms with van der Waals surface area (Å²) in [5, 5.41) is 7.01. The highest BCUT2D eigenvalue weighted by Gasteiger charge is 2.31. The van der Waals surface area contributed by atoms with Gasteiger partial charge in [0.15, 0.2) is 0 Å². The third kappa shape index (κ3) is 4.73. The van der Waals surface area contributed by atoms with Crippen molar-refractivity contribution < 1.29 is 4.79 Å². The quantitative estimate of drug-likeness (QED) is 0.758. The van der Waals surface area contributed by atoms with E-state index in [1.807, 2.05) is 18.2 Å². The fourth-order valence-corrected chi connectivity index (χ4v) is 3.14. The Hall–Kier alpha value is -1.55. The average molecular weight is 363 g/mol. The molecule has 2 aromatic carbocycles. The van der Waals surface area contributed by atoms with Gasteiger partial charge in [-0.3, -0.25) is 4.79 Å². The number of halogens is 2. The highest BCUT2D eigenvalue weighted by Crippen LogP contribution is 2.34. The van der Waals surface area contributed by atoms with Crippen LogP contribution in [0, 0.1) is 5.92 Å². The van der Waals surface area contributed by atoms with Gasteiger partial charge >= 0.3 is 0 Å². The molecule has 1 aliphatic carbocycles. The molecule has 1 unspecified atom stereocenters. The van der Waals surface area contributed by atoms with Gasteiger partial charge in [0.1, 0.15) is 0 Å². The molecule has 1 atom stereocenters. The molecule has 2 N–H and O–H groups in total. The van der Waals surface area contributed by atoms with Crippen molar-refractivity contribution in [2.75, 3.05) is 11.9 Å². The molecule has 0 bridgehead atoms. The fraction of sp³-hybridized carbons (Fsp3) is 0.316. The third-order valence-corrected chi connectivity index (χ3v) is 5.06. The molecule has 0 aromatic heterocycles. The van der Waals surface area contributed by atoms with Gasteiger partial charge in [-0.05, 0) is 42.9 Å². The van der Waals surface area contributed by atoms with Crippen molar-refractivity contribution in [3.05, 3.63) is 64.1 Å². The molecular formula is C19H20Cl2N2O. The Labute approximate surface area is 152 Å². The first-order valence-corrected chi connectivity index (χ1v) is 8.90. The molecule has 3 nitrogen and oxygen atoms in total. The van der Waals surface area contributed by atoms with Crippen molar-refractivity contribution >= 4 is 34.8 Å². The highest BCUT2D eigenvalue weighted by molar-refractivity contribution is 6.43. The summed E-state index contributed by atoms with van der Waals surface area (Å²) in [7, 11) is 0. The van der Waals surface area contributed by atoms with Gasteiger partial charge in [-0.1, -0.05) is 59.6 Å². The molecule has 1 amide bonds. The van der Waals surface area contributed by atoms with Crippen LogP contribution in [0.1, 0.15) is 18.4 Å². The van der Waals surface area contributed by atoms with E-state index in [1.165, 1.54) is 18.4 Å². The van der Waals surface area contributed by atoms with Crippen molar-refractivity contribution in [3.63, 3.8) is 0 Å². The van der Waals surface area contributed by atoms with Gasteiger partial charge in [-0.2, -0.15) is 0 Å². The average Bonchev–Trinajstić information content (AvgIpc) is 3.42. The van der Waals surface area contributed by atoms with Crippen LogP contribution in [-0.4, -0.2) is 18.5 Å². The summed E-state index contributed by atoms with van der Waals surface area (Å²) in [6.45, 7) is 0.261. The van der Waals surface area contributed by atoms with Crippen LogP contribution in [0.4, 0.5) is 5.69 Å². The second-order valence-electron chi connectivity index (χ2n) is 6.16. The SMILES string of the molecule is O=C(CNC(Cc1ccccc1)C1CC1)Nc1cccc(Cl)c1Cl. The summed E-state index contributed by atoms with van der Waals surface area (Å²) >= 11 is 12.1. The van der Waals surface area contributed by atoms with Gasteiger partial charge in [0.05, 0.1) is 22.3 Å². The Morgan fingerprint density at radius 1 is 1.08 bits per heavy atom. The van der Waals surface area contributed by atoms with E-state index in [0.29, 0.717) is 27.7 Å². The first-order chi connectivity index (χ1) is 11.6. The molecule has 1 fully saturated rings. The smallest absolute Gasteiger partial charge is 0.238 e. The number of rotatable bonds is 7. The first-order valence-electron chi connectivity index (χ1n) is 8.14. The second-order valence-corrected chi connectivity index (χ2v) is 6.95. The Kier molecular flexibility index (Phi) is 5.77. The number of anilines is 1. The Morgan fingerprint density at radius 3 is 2.54 bits per heavy atom. The molecule has 0 saturated heterocycles. The molecular weight excluding hydrogens is 343 g/mol. The highest BCUT2D eigenvalue weighted by atomic mass is 35.5. The van der Waals surface area contributed by atoms with Gasteiger partial charge in [-0.15, -0.1) is 0 Å². The lowest BCUT2D eigenvalue weighted by Crippen LogP contribution is -2.38. The summed E-state index contributed by atoms with van der Waals surface area (Å²) in [6, 6.07) is 15.9. The first kappa shape index (κ1) is 17.3. The number of amides is 1. The van der Waals surface area contributed by atoms with E-state index >= 15 is 0 Å². The van der Waals surface area contributed by atoms with E-state index in [4.69, 9.17) is 23.2 Å². The lowest BCUT2D eigenvalue weighted by atomic mass is 10.0. The van der Waals surface area contributed by atoms with Gasteiger partial charge in [-0.25, -0.2) is 0 Å². The van der Waals surface area contributed by atoms with Crippen LogP contribution >= 0.6 is 23.2 Å². The van der Waals surface area contributed by atoms with Crippen molar-refractivity contribution in [1.29, 1.82) is 0 Å². The maximum atomic E-state index is 12.2. The topological polar surface area (TPSA) is 41.1 Å². The van der Waals surface area contributed by atoms with Crippen molar-refractivity contribution in [2.45, 2.75) is 25.3 Å². The maximum absolute atomic E-state index is 12.2. The van der Waals surface area contributed by atoms with Gasteiger partial charge in [0, 0.05) is 6.04 Å².